The summed E-state index contributed by atoms with van der Waals surface area (Å²) in [7, 11) is 0. The quantitative estimate of drug-likeness (QED) is 0.474. The number of carbonyl (C=O) groups excluding carboxylic acids is 2. The molecule has 2 aromatic heterocycles. The average molecular weight is 398 g/mol. The van der Waals surface area contributed by atoms with Crippen LogP contribution in [0.1, 0.15) is 36.9 Å². The molecule has 2 heterocycles. The second-order valence-corrected chi connectivity index (χ2v) is 7.64. The van der Waals surface area contributed by atoms with Crippen LogP contribution >= 0.6 is 11.8 Å². The molecule has 1 aromatic carbocycles. The van der Waals surface area contributed by atoms with Gasteiger partial charge in [0, 0.05) is 17.8 Å². The standard InChI is InChI=1S/C20H22N4O3S/c1-5-24-18(17-9-10-27-13(17)3)22-23-20(24)28-14(4)19(26)21-16-8-6-7-15(11-16)12(2)25/h6-11,14H,5H2,1-4H3,(H,21,26)/t14-/m0/s1. The summed E-state index contributed by atoms with van der Waals surface area (Å²) in [5.74, 6) is 1.28. The van der Waals surface area contributed by atoms with Gasteiger partial charge in [0.1, 0.15) is 5.76 Å². The van der Waals surface area contributed by atoms with E-state index in [2.05, 4.69) is 15.5 Å². The van der Waals surface area contributed by atoms with Gasteiger partial charge in [-0.3, -0.25) is 9.59 Å². The van der Waals surface area contributed by atoms with Crippen LogP contribution in [0.25, 0.3) is 11.4 Å². The topological polar surface area (TPSA) is 90.0 Å². The van der Waals surface area contributed by atoms with E-state index in [1.807, 2.05) is 31.4 Å². The van der Waals surface area contributed by atoms with E-state index in [0.29, 0.717) is 23.0 Å². The van der Waals surface area contributed by atoms with E-state index in [9.17, 15) is 9.59 Å². The van der Waals surface area contributed by atoms with Crippen molar-refractivity contribution < 1.29 is 14.0 Å². The number of rotatable bonds is 7. The fraction of sp³-hybridized carbons (Fsp3) is 0.300. The Labute approximate surface area is 167 Å². The van der Waals surface area contributed by atoms with E-state index < -0.39 is 5.25 Å². The van der Waals surface area contributed by atoms with Crippen molar-refractivity contribution in [1.82, 2.24) is 14.8 Å². The SMILES string of the molecule is CCn1c(S[C@@H](C)C(=O)Nc2cccc(C(C)=O)c2)nnc1-c1ccoc1C. The van der Waals surface area contributed by atoms with Gasteiger partial charge >= 0.3 is 0 Å². The normalized spacial score (nSPS) is 12.0. The second kappa shape index (κ2) is 8.43. The highest BCUT2D eigenvalue weighted by Crippen LogP contribution is 2.29. The number of thioether (sulfide) groups is 1. The molecular weight excluding hydrogens is 376 g/mol. The first-order valence-electron chi connectivity index (χ1n) is 8.97. The van der Waals surface area contributed by atoms with Gasteiger partial charge in [0.25, 0.3) is 0 Å². The van der Waals surface area contributed by atoms with E-state index in [1.54, 1.807) is 30.5 Å². The Kier molecular flexibility index (Phi) is 5.99. The smallest absolute Gasteiger partial charge is 0.237 e. The van der Waals surface area contributed by atoms with E-state index in [0.717, 1.165) is 17.1 Å². The lowest BCUT2D eigenvalue weighted by Gasteiger charge is -2.13. The van der Waals surface area contributed by atoms with Crippen LogP contribution in [0.5, 0.6) is 0 Å². The number of nitrogens with zero attached hydrogens (tertiary/aromatic N) is 3. The third kappa shape index (κ3) is 4.17. The van der Waals surface area contributed by atoms with Crippen molar-refractivity contribution in [1.29, 1.82) is 0 Å². The molecule has 3 rings (SSSR count). The number of benzene rings is 1. The van der Waals surface area contributed by atoms with Gasteiger partial charge in [0.2, 0.25) is 5.91 Å². The predicted molar refractivity (Wildman–Crippen MR) is 109 cm³/mol. The zero-order valence-electron chi connectivity index (χ0n) is 16.2. The maximum atomic E-state index is 12.6. The molecular formula is C20H22N4O3S. The van der Waals surface area contributed by atoms with Crippen molar-refractivity contribution in [3.05, 3.63) is 47.9 Å². The third-order valence-corrected chi connectivity index (χ3v) is 5.40. The number of nitrogens with one attached hydrogen (secondary N) is 1. The number of hydrogen-bond donors (Lipinski definition) is 1. The molecule has 0 spiro atoms. The minimum atomic E-state index is -0.395. The van der Waals surface area contributed by atoms with Crippen LogP contribution in [0.3, 0.4) is 0 Å². The summed E-state index contributed by atoms with van der Waals surface area (Å²) in [5.41, 5.74) is 2.04. The molecule has 1 amide bonds. The van der Waals surface area contributed by atoms with Gasteiger partial charge in [0.05, 0.1) is 17.1 Å². The molecule has 0 saturated carbocycles. The highest BCUT2D eigenvalue weighted by molar-refractivity contribution is 8.00. The molecule has 28 heavy (non-hydrogen) atoms. The predicted octanol–water partition coefficient (Wildman–Crippen LogP) is 4.19. The lowest BCUT2D eigenvalue weighted by Crippen LogP contribution is -2.23. The maximum Gasteiger partial charge on any atom is 0.237 e. The fourth-order valence-electron chi connectivity index (χ4n) is 2.75. The Bertz CT molecular complexity index is 1010. The minimum absolute atomic E-state index is 0.0448. The number of hydrogen-bond acceptors (Lipinski definition) is 6. The summed E-state index contributed by atoms with van der Waals surface area (Å²) >= 11 is 1.34. The summed E-state index contributed by atoms with van der Waals surface area (Å²) in [6.07, 6.45) is 1.62. The van der Waals surface area contributed by atoms with Crippen molar-refractivity contribution in [3.63, 3.8) is 0 Å². The molecule has 1 N–H and O–H groups in total. The van der Waals surface area contributed by atoms with Gasteiger partial charge in [-0.1, -0.05) is 23.9 Å². The molecule has 0 fully saturated rings. The van der Waals surface area contributed by atoms with Gasteiger partial charge in [-0.15, -0.1) is 10.2 Å². The molecule has 3 aromatic rings. The monoisotopic (exact) mass is 398 g/mol. The Morgan fingerprint density at radius 1 is 1.29 bits per heavy atom. The zero-order chi connectivity index (χ0) is 20.3. The van der Waals surface area contributed by atoms with Crippen molar-refractivity contribution in [3.8, 4) is 11.4 Å². The first-order chi connectivity index (χ1) is 13.4. The molecule has 1 atom stereocenters. The number of carbonyl (C=O) groups is 2. The van der Waals surface area contributed by atoms with Crippen LogP contribution in [0.15, 0.2) is 46.2 Å². The van der Waals surface area contributed by atoms with Gasteiger partial charge in [-0.25, -0.2) is 0 Å². The number of aromatic nitrogens is 3. The van der Waals surface area contributed by atoms with Gasteiger partial charge in [-0.05, 0) is 45.9 Å². The number of anilines is 1. The first-order valence-corrected chi connectivity index (χ1v) is 9.84. The average Bonchev–Trinajstić information content (AvgIpc) is 3.27. The second-order valence-electron chi connectivity index (χ2n) is 6.33. The Morgan fingerprint density at radius 2 is 2.07 bits per heavy atom. The van der Waals surface area contributed by atoms with E-state index in [1.165, 1.54) is 18.7 Å². The van der Waals surface area contributed by atoms with Gasteiger partial charge < -0.3 is 14.3 Å². The van der Waals surface area contributed by atoms with Crippen LogP contribution < -0.4 is 5.32 Å². The highest BCUT2D eigenvalue weighted by Gasteiger charge is 2.21. The summed E-state index contributed by atoms with van der Waals surface area (Å²) < 4.78 is 7.32. The molecule has 0 radical (unpaired) electrons. The highest BCUT2D eigenvalue weighted by atomic mass is 32.2. The van der Waals surface area contributed by atoms with Crippen molar-refractivity contribution in [2.24, 2.45) is 0 Å². The first kappa shape index (κ1) is 19.9. The number of Topliss-reactive ketones (excluding diaryl/α,β-unsaturated/α-hetero) is 1. The number of ketones is 1. The molecule has 0 aliphatic carbocycles. The summed E-state index contributed by atoms with van der Waals surface area (Å²) in [4.78, 5) is 24.1. The van der Waals surface area contributed by atoms with Gasteiger partial charge in [0.15, 0.2) is 16.8 Å². The molecule has 0 aliphatic heterocycles. The molecule has 7 nitrogen and oxygen atoms in total. The molecule has 0 aliphatic rings. The van der Waals surface area contributed by atoms with Crippen LogP contribution in [0.2, 0.25) is 0 Å². The minimum Gasteiger partial charge on any atom is -0.469 e. The van der Waals surface area contributed by atoms with Crippen LogP contribution in [-0.4, -0.2) is 31.7 Å². The third-order valence-electron chi connectivity index (χ3n) is 4.32. The van der Waals surface area contributed by atoms with Crippen LogP contribution in [0.4, 0.5) is 5.69 Å². The molecule has 0 unspecified atom stereocenters. The number of furan rings is 1. The fourth-order valence-corrected chi connectivity index (χ4v) is 3.66. The summed E-state index contributed by atoms with van der Waals surface area (Å²) in [6.45, 7) is 7.86. The maximum absolute atomic E-state index is 12.6. The van der Waals surface area contributed by atoms with E-state index in [-0.39, 0.29) is 11.7 Å². The Hall–Kier alpha value is -2.87. The molecule has 8 heteroatoms. The van der Waals surface area contributed by atoms with Crippen LogP contribution in [-0.2, 0) is 11.3 Å². The van der Waals surface area contributed by atoms with Crippen molar-refractivity contribution in [2.45, 2.75) is 44.6 Å². The lowest BCUT2D eigenvalue weighted by molar-refractivity contribution is -0.115. The number of amides is 1. The molecule has 0 saturated heterocycles. The van der Waals surface area contributed by atoms with Crippen molar-refractivity contribution in [2.75, 3.05) is 5.32 Å². The number of aryl methyl sites for hydroxylation is 1. The Morgan fingerprint density at radius 3 is 2.71 bits per heavy atom. The largest absolute Gasteiger partial charge is 0.469 e. The lowest BCUT2D eigenvalue weighted by atomic mass is 10.1. The summed E-state index contributed by atoms with van der Waals surface area (Å²) in [6, 6.07) is 8.76. The zero-order valence-corrected chi connectivity index (χ0v) is 17.0. The van der Waals surface area contributed by atoms with E-state index >= 15 is 0 Å². The van der Waals surface area contributed by atoms with Gasteiger partial charge in [-0.2, -0.15) is 0 Å². The molecule has 0 bridgehead atoms. The van der Waals surface area contributed by atoms with Crippen molar-refractivity contribution >= 4 is 29.1 Å². The Balaban J connectivity index is 1.74. The summed E-state index contributed by atoms with van der Waals surface area (Å²) in [5, 5.41) is 11.7. The molecule has 146 valence electrons. The van der Waals surface area contributed by atoms with Crippen LogP contribution in [0, 0.1) is 6.92 Å². The van der Waals surface area contributed by atoms with E-state index in [4.69, 9.17) is 4.42 Å².